The highest BCUT2D eigenvalue weighted by molar-refractivity contribution is 5.92. The van der Waals surface area contributed by atoms with Gasteiger partial charge in [0.15, 0.2) is 5.69 Å². The Kier molecular flexibility index (Phi) is 5.59. The molecule has 1 atom stereocenters. The van der Waals surface area contributed by atoms with Gasteiger partial charge in [-0.3, -0.25) is 4.79 Å². The second-order valence-electron chi connectivity index (χ2n) is 6.10. The third-order valence-electron chi connectivity index (χ3n) is 4.14. The lowest BCUT2D eigenvalue weighted by atomic mass is 10.1. The molecule has 1 unspecified atom stereocenters. The van der Waals surface area contributed by atoms with Crippen LogP contribution in [0.15, 0.2) is 34.9 Å². The second kappa shape index (κ2) is 8.06. The predicted octanol–water partition coefficient (Wildman–Crippen LogP) is 2.76. The molecule has 0 radical (unpaired) electrons. The number of carbonyl (C=O) groups excluding carboxylic acids is 1. The molecule has 1 amide bonds. The zero-order valence-electron chi connectivity index (χ0n) is 13.5. The van der Waals surface area contributed by atoms with Crippen LogP contribution in [0.2, 0.25) is 0 Å². The van der Waals surface area contributed by atoms with Crippen LogP contribution in [-0.2, 0) is 17.6 Å². The zero-order valence-corrected chi connectivity index (χ0v) is 13.5. The van der Waals surface area contributed by atoms with Crippen molar-refractivity contribution in [2.45, 2.75) is 25.7 Å². The highest BCUT2D eigenvalue weighted by atomic mass is 19.1. The fraction of sp³-hybridized carbons (Fsp3) is 0.444. The molecule has 1 aromatic carbocycles. The Bertz CT molecular complexity index is 680. The molecule has 0 spiro atoms. The molecule has 1 N–H and O–H groups in total. The van der Waals surface area contributed by atoms with Gasteiger partial charge in [-0.1, -0.05) is 17.3 Å². The van der Waals surface area contributed by atoms with Crippen molar-refractivity contribution in [3.8, 4) is 0 Å². The summed E-state index contributed by atoms with van der Waals surface area (Å²) >= 11 is 0. The second-order valence-corrected chi connectivity index (χ2v) is 6.10. The number of nitrogens with zero attached hydrogens (tertiary/aromatic N) is 1. The largest absolute Gasteiger partial charge is 0.381 e. The summed E-state index contributed by atoms with van der Waals surface area (Å²) in [4.78, 5) is 12.0. The molecule has 1 saturated heterocycles. The van der Waals surface area contributed by atoms with Crippen molar-refractivity contribution in [1.82, 2.24) is 10.5 Å². The van der Waals surface area contributed by atoms with Gasteiger partial charge in [-0.15, -0.1) is 0 Å². The lowest BCUT2D eigenvalue weighted by Gasteiger charge is -2.07. The van der Waals surface area contributed by atoms with Gasteiger partial charge in [-0.2, -0.15) is 0 Å². The molecule has 1 aliphatic heterocycles. The first-order valence-electron chi connectivity index (χ1n) is 8.26. The van der Waals surface area contributed by atoms with Gasteiger partial charge in [0.1, 0.15) is 11.6 Å². The molecule has 0 bridgehead atoms. The summed E-state index contributed by atoms with van der Waals surface area (Å²) in [5.41, 5.74) is 1.25. The van der Waals surface area contributed by atoms with Gasteiger partial charge in [-0.05, 0) is 37.0 Å². The topological polar surface area (TPSA) is 64.4 Å². The normalized spacial score (nSPS) is 17.1. The number of aryl methyl sites for hydroxylation is 2. The van der Waals surface area contributed by atoms with E-state index in [0.717, 1.165) is 31.4 Å². The maximum absolute atomic E-state index is 13.1. The molecule has 1 fully saturated rings. The number of rotatable bonds is 7. The van der Waals surface area contributed by atoms with Crippen molar-refractivity contribution in [2.24, 2.45) is 5.92 Å². The lowest BCUT2D eigenvalue weighted by Crippen LogP contribution is -2.29. The molecule has 1 aliphatic rings. The SMILES string of the molecule is O=C(NCC1CCOC1)c1cc(CCCc2cccc(F)c2)on1. The minimum absolute atomic E-state index is 0.220. The highest BCUT2D eigenvalue weighted by Crippen LogP contribution is 2.13. The van der Waals surface area contributed by atoms with Crippen LogP contribution in [0.4, 0.5) is 4.39 Å². The summed E-state index contributed by atoms with van der Waals surface area (Å²) in [6.45, 7) is 2.06. The Hall–Kier alpha value is -2.21. The Morgan fingerprint density at radius 3 is 3.04 bits per heavy atom. The van der Waals surface area contributed by atoms with E-state index in [0.29, 0.717) is 36.9 Å². The predicted molar refractivity (Wildman–Crippen MR) is 86.2 cm³/mol. The number of nitrogens with one attached hydrogen (secondary N) is 1. The van der Waals surface area contributed by atoms with E-state index in [-0.39, 0.29) is 11.7 Å². The van der Waals surface area contributed by atoms with Crippen molar-refractivity contribution in [3.05, 3.63) is 53.2 Å². The van der Waals surface area contributed by atoms with Crippen LogP contribution in [0.1, 0.15) is 34.7 Å². The first kappa shape index (κ1) is 16.6. The van der Waals surface area contributed by atoms with Crippen molar-refractivity contribution in [1.29, 1.82) is 0 Å². The van der Waals surface area contributed by atoms with E-state index in [1.54, 1.807) is 12.1 Å². The molecule has 0 aliphatic carbocycles. The van der Waals surface area contributed by atoms with Crippen molar-refractivity contribution in [3.63, 3.8) is 0 Å². The van der Waals surface area contributed by atoms with Gasteiger partial charge in [0.05, 0.1) is 6.61 Å². The van der Waals surface area contributed by atoms with Crippen LogP contribution in [0.3, 0.4) is 0 Å². The monoisotopic (exact) mass is 332 g/mol. The number of benzene rings is 1. The Morgan fingerprint density at radius 1 is 1.33 bits per heavy atom. The maximum Gasteiger partial charge on any atom is 0.273 e. The average Bonchev–Trinajstić information content (AvgIpc) is 3.24. The van der Waals surface area contributed by atoms with E-state index in [4.69, 9.17) is 9.26 Å². The van der Waals surface area contributed by atoms with Gasteiger partial charge in [0, 0.05) is 31.6 Å². The molecule has 6 heteroatoms. The van der Waals surface area contributed by atoms with Gasteiger partial charge in [-0.25, -0.2) is 4.39 Å². The molecule has 2 heterocycles. The van der Waals surface area contributed by atoms with E-state index >= 15 is 0 Å². The number of hydrogen-bond donors (Lipinski definition) is 1. The molecule has 0 saturated carbocycles. The van der Waals surface area contributed by atoms with Crippen LogP contribution in [0.25, 0.3) is 0 Å². The summed E-state index contributed by atoms with van der Waals surface area (Å²) in [6, 6.07) is 8.24. The zero-order chi connectivity index (χ0) is 16.8. The van der Waals surface area contributed by atoms with Gasteiger partial charge >= 0.3 is 0 Å². The molecular formula is C18H21FN2O3. The van der Waals surface area contributed by atoms with E-state index in [1.165, 1.54) is 12.1 Å². The van der Waals surface area contributed by atoms with Crippen LogP contribution in [0, 0.1) is 11.7 Å². The van der Waals surface area contributed by atoms with Crippen LogP contribution >= 0.6 is 0 Å². The number of ether oxygens (including phenoxy) is 1. The summed E-state index contributed by atoms with van der Waals surface area (Å²) in [6.07, 6.45) is 3.19. The minimum atomic E-state index is -0.223. The lowest BCUT2D eigenvalue weighted by molar-refractivity contribution is 0.0936. The van der Waals surface area contributed by atoms with Crippen molar-refractivity contribution >= 4 is 5.91 Å². The first-order valence-corrected chi connectivity index (χ1v) is 8.26. The Labute approximate surface area is 140 Å². The van der Waals surface area contributed by atoms with Gasteiger partial charge in [0.25, 0.3) is 5.91 Å². The molecule has 24 heavy (non-hydrogen) atoms. The van der Waals surface area contributed by atoms with E-state index < -0.39 is 0 Å². The third-order valence-corrected chi connectivity index (χ3v) is 4.14. The molecule has 3 rings (SSSR count). The number of hydrogen-bond acceptors (Lipinski definition) is 4. The minimum Gasteiger partial charge on any atom is -0.381 e. The maximum atomic E-state index is 13.1. The van der Waals surface area contributed by atoms with Gasteiger partial charge in [0.2, 0.25) is 0 Å². The number of halogens is 1. The standard InChI is InChI=1S/C18H21FN2O3/c19-15-5-1-3-13(9-15)4-2-6-16-10-17(21-24-16)18(22)20-11-14-7-8-23-12-14/h1,3,5,9-10,14H,2,4,6-8,11-12H2,(H,20,22). The van der Waals surface area contributed by atoms with Crippen LogP contribution in [0.5, 0.6) is 0 Å². The summed E-state index contributed by atoms with van der Waals surface area (Å²) in [7, 11) is 0. The highest BCUT2D eigenvalue weighted by Gasteiger charge is 2.18. The van der Waals surface area contributed by atoms with Crippen molar-refractivity contribution < 1.29 is 18.4 Å². The summed E-state index contributed by atoms with van der Waals surface area (Å²) < 4.78 is 23.6. The first-order chi connectivity index (χ1) is 11.7. The summed E-state index contributed by atoms with van der Waals surface area (Å²) in [5, 5.41) is 6.68. The third kappa shape index (κ3) is 4.64. The fourth-order valence-corrected chi connectivity index (χ4v) is 2.77. The van der Waals surface area contributed by atoms with Gasteiger partial charge < -0.3 is 14.6 Å². The number of amides is 1. The summed E-state index contributed by atoms with van der Waals surface area (Å²) in [5.74, 6) is 0.605. The van der Waals surface area contributed by atoms with Crippen molar-refractivity contribution in [2.75, 3.05) is 19.8 Å². The number of carbonyl (C=O) groups is 1. The Balaban J connectivity index is 1.43. The van der Waals surface area contributed by atoms with E-state index in [2.05, 4.69) is 10.5 Å². The molecular weight excluding hydrogens is 311 g/mol. The van der Waals surface area contributed by atoms with Crippen LogP contribution in [-0.4, -0.2) is 30.8 Å². The fourth-order valence-electron chi connectivity index (χ4n) is 2.77. The molecule has 5 nitrogen and oxygen atoms in total. The number of aromatic nitrogens is 1. The molecule has 128 valence electrons. The molecule has 2 aromatic rings. The van der Waals surface area contributed by atoms with E-state index in [9.17, 15) is 9.18 Å². The smallest absolute Gasteiger partial charge is 0.273 e. The Morgan fingerprint density at radius 2 is 2.25 bits per heavy atom. The van der Waals surface area contributed by atoms with Crippen LogP contribution < -0.4 is 5.32 Å². The average molecular weight is 332 g/mol. The molecule has 1 aromatic heterocycles. The quantitative estimate of drug-likeness (QED) is 0.847. The van der Waals surface area contributed by atoms with E-state index in [1.807, 2.05) is 6.07 Å².